The molecule has 0 saturated carbocycles. The highest BCUT2D eigenvalue weighted by Gasteiger charge is 2.17. The third-order valence-corrected chi connectivity index (χ3v) is 3.76. The van der Waals surface area contributed by atoms with Crippen molar-refractivity contribution in [1.29, 1.82) is 0 Å². The van der Waals surface area contributed by atoms with Crippen molar-refractivity contribution in [3.8, 4) is 0 Å². The third kappa shape index (κ3) is 4.45. The Morgan fingerprint density at radius 3 is 2.65 bits per heavy atom. The molecule has 0 fully saturated rings. The summed E-state index contributed by atoms with van der Waals surface area (Å²) in [5.41, 5.74) is 0.498. The van der Waals surface area contributed by atoms with E-state index in [4.69, 9.17) is 5.11 Å². The lowest BCUT2D eigenvalue weighted by Gasteiger charge is -2.21. The van der Waals surface area contributed by atoms with Crippen LogP contribution in [-0.2, 0) is 0 Å². The molecule has 1 atom stereocenters. The standard InChI is InChI=1S/C14H20N2O3S/c1-10(9-20-3)8-15-14(19)16(2)12-7-5-4-6-11(12)13(17)18/h4-7,10H,8-9H2,1-3H3,(H,15,19)(H,17,18). The highest BCUT2D eigenvalue weighted by molar-refractivity contribution is 7.98. The predicted octanol–water partition coefficient (Wildman–Crippen LogP) is 2.53. The van der Waals surface area contributed by atoms with Crippen molar-refractivity contribution in [2.24, 2.45) is 5.92 Å². The summed E-state index contributed by atoms with van der Waals surface area (Å²) in [6, 6.07) is 6.15. The number of nitrogens with zero attached hydrogens (tertiary/aromatic N) is 1. The normalized spacial score (nSPS) is 11.8. The lowest BCUT2D eigenvalue weighted by Crippen LogP contribution is -2.40. The van der Waals surface area contributed by atoms with Gasteiger partial charge in [-0.25, -0.2) is 9.59 Å². The number of carbonyl (C=O) groups is 2. The summed E-state index contributed by atoms with van der Waals surface area (Å²) in [6.45, 7) is 2.63. The predicted molar refractivity (Wildman–Crippen MR) is 82.7 cm³/mol. The highest BCUT2D eigenvalue weighted by Crippen LogP contribution is 2.19. The molecule has 0 aliphatic rings. The number of carboxylic acid groups (broad SMARTS) is 1. The maximum Gasteiger partial charge on any atom is 0.337 e. The number of thioether (sulfide) groups is 1. The zero-order chi connectivity index (χ0) is 15.1. The van der Waals surface area contributed by atoms with E-state index < -0.39 is 5.97 Å². The van der Waals surface area contributed by atoms with Gasteiger partial charge < -0.3 is 10.4 Å². The molecule has 1 rings (SSSR count). The monoisotopic (exact) mass is 296 g/mol. The fourth-order valence-electron chi connectivity index (χ4n) is 1.78. The van der Waals surface area contributed by atoms with Gasteiger partial charge >= 0.3 is 12.0 Å². The van der Waals surface area contributed by atoms with E-state index in [2.05, 4.69) is 12.2 Å². The summed E-state index contributed by atoms with van der Waals surface area (Å²) < 4.78 is 0. The molecule has 0 saturated heterocycles. The van der Waals surface area contributed by atoms with E-state index in [9.17, 15) is 9.59 Å². The van der Waals surface area contributed by atoms with Gasteiger partial charge in [-0.3, -0.25) is 4.90 Å². The second-order valence-corrected chi connectivity index (χ2v) is 5.54. The Balaban J connectivity index is 2.72. The average molecular weight is 296 g/mol. The second-order valence-electron chi connectivity index (χ2n) is 4.63. The molecule has 0 aliphatic carbocycles. The first-order valence-electron chi connectivity index (χ1n) is 6.30. The van der Waals surface area contributed by atoms with Gasteiger partial charge in [-0.15, -0.1) is 0 Å². The number of benzene rings is 1. The van der Waals surface area contributed by atoms with Crippen LogP contribution in [0.25, 0.3) is 0 Å². The fraction of sp³-hybridized carbons (Fsp3) is 0.429. The van der Waals surface area contributed by atoms with E-state index in [1.165, 1.54) is 11.0 Å². The van der Waals surface area contributed by atoms with E-state index in [1.807, 2.05) is 6.26 Å². The van der Waals surface area contributed by atoms with Gasteiger partial charge in [-0.1, -0.05) is 19.1 Å². The Morgan fingerprint density at radius 2 is 2.05 bits per heavy atom. The molecule has 20 heavy (non-hydrogen) atoms. The molecule has 1 unspecified atom stereocenters. The zero-order valence-electron chi connectivity index (χ0n) is 11.9. The van der Waals surface area contributed by atoms with E-state index in [0.29, 0.717) is 18.2 Å². The van der Waals surface area contributed by atoms with E-state index in [0.717, 1.165) is 5.75 Å². The Hall–Kier alpha value is -1.69. The topological polar surface area (TPSA) is 69.6 Å². The number of carboxylic acids is 1. The number of urea groups is 1. The fourth-order valence-corrected chi connectivity index (χ4v) is 2.47. The number of nitrogens with one attached hydrogen (secondary N) is 1. The first-order valence-corrected chi connectivity index (χ1v) is 7.69. The Labute approximate surface area is 123 Å². The zero-order valence-corrected chi connectivity index (χ0v) is 12.7. The first kappa shape index (κ1) is 16.4. The van der Waals surface area contributed by atoms with Gasteiger partial charge in [0, 0.05) is 13.6 Å². The van der Waals surface area contributed by atoms with Gasteiger partial charge in [0.2, 0.25) is 0 Å². The molecule has 6 heteroatoms. The van der Waals surface area contributed by atoms with Gasteiger partial charge in [-0.05, 0) is 30.1 Å². The number of carbonyl (C=O) groups excluding carboxylic acids is 1. The molecule has 110 valence electrons. The maximum atomic E-state index is 12.0. The van der Waals surface area contributed by atoms with Crippen LogP contribution >= 0.6 is 11.8 Å². The van der Waals surface area contributed by atoms with Crippen LogP contribution in [-0.4, -0.2) is 42.7 Å². The summed E-state index contributed by atoms with van der Waals surface area (Å²) in [5, 5.41) is 11.9. The van der Waals surface area contributed by atoms with Crippen LogP contribution < -0.4 is 10.2 Å². The van der Waals surface area contributed by atoms with Crippen molar-refractivity contribution in [1.82, 2.24) is 5.32 Å². The van der Waals surface area contributed by atoms with Crippen molar-refractivity contribution < 1.29 is 14.7 Å². The summed E-state index contributed by atoms with van der Waals surface area (Å²) in [7, 11) is 1.57. The molecule has 0 spiro atoms. The largest absolute Gasteiger partial charge is 0.478 e. The summed E-state index contributed by atoms with van der Waals surface area (Å²) in [6.07, 6.45) is 2.02. The van der Waals surface area contributed by atoms with Crippen LogP contribution in [0.4, 0.5) is 10.5 Å². The number of aromatic carboxylic acids is 1. The second kappa shape index (κ2) is 7.79. The van der Waals surface area contributed by atoms with Crippen LogP contribution in [0.5, 0.6) is 0 Å². The summed E-state index contributed by atoms with van der Waals surface area (Å²) in [5.74, 6) is 0.295. The minimum Gasteiger partial charge on any atom is -0.478 e. The number of hydrogen-bond donors (Lipinski definition) is 2. The number of hydrogen-bond acceptors (Lipinski definition) is 3. The van der Waals surface area contributed by atoms with Crippen LogP contribution in [0.1, 0.15) is 17.3 Å². The number of rotatable bonds is 6. The van der Waals surface area contributed by atoms with E-state index >= 15 is 0 Å². The Kier molecular flexibility index (Phi) is 6.38. The van der Waals surface area contributed by atoms with Crippen LogP contribution in [0, 0.1) is 5.92 Å². The highest BCUT2D eigenvalue weighted by atomic mass is 32.2. The van der Waals surface area contributed by atoms with Crippen molar-refractivity contribution in [2.75, 3.05) is 30.5 Å². The minimum atomic E-state index is -1.05. The van der Waals surface area contributed by atoms with Crippen molar-refractivity contribution >= 4 is 29.4 Å². The van der Waals surface area contributed by atoms with E-state index in [-0.39, 0.29) is 11.6 Å². The average Bonchev–Trinajstić information content (AvgIpc) is 2.44. The van der Waals surface area contributed by atoms with E-state index in [1.54, 1.807) is 37.0 Å². The maximum absolute atomic E-state index is 12.0. The molecule has 0 aromatic heterocycles. The quantitative estimate of drug-likeness (QED) is 0.846. The first-order chi connectivity index (χ1) is 9.47. The third-order valence-electron chi connectivity index (χ3n) is 2.85. The number of para-hydroxylation sites is 1. The van der Waals surface area contributed by atoms with Crippen molar-refractivity contribution in [2.45, 2.75) is 6.92 Å². The molecule has 5 nitrogen and oxygen atoms in total. The molecule has 0 heterocycles. The molecule has 0 aliphatic heterocycles. The van der Waals surface area contributed by atoms with Crippen LogP contribution in [0.15, 0.2) is 24.3 Å². The smallest absolute Gasteiger partial charge is 0.337 e. The van der Waals surface area contributed by atoms with Gasteiger partial charge in [0.1, 0.15) is 0 Å². The van der Waals surface area contributed by atoms with Gasteiger partial charge in [0.15, 0.2) is 0 Å². The molecule has 1 aromatic carbocycles. The van der Waals surface area contributed by atoms with Gasteiger partial charge in [0.25, 0.3) is 0 Å². The molecule has 2 amide bonds. The molecule has 0 radical (unpaired) electrons. The molecular weight excluding hydrogens is 276 g/mol. The Bertz CT molecular complexity index is 479. The van der Waals surface area contributed by atoms with Crippen LogP contribution in [0.2, 0.25) is 0 Å². The summed E-state index contributed by atoms with van der Waals surface area (Å²) in [4.78, 5) is 24.5. The van der Waals surface area contributed by atoms with Crippen LogP contribution in [0.3, 0.4) is 0 Å². The number of anilines is 1. The molecule has 1 aromatic rings. The van der Waals surface area contributed by atoms with Gasteiger partial charge in [0.05, 0.1) is 11.3 Å². The number of amides is 2. The minimum absolute atomic E-state index is 0.113. The molecule has 2 N–H and O–H groups in total. The summed E-state index contributed by atoms with van der Waals surface area (Å²) >= 11 is 1.73. The lowest BCUT2D eigenvalue weighted by atomic mass is 10.1. The van der Waals surface area contributed by atoms with Gasteiger partial charge in [-0.2, -0.15) is 11.8 Å². The Morgan fingerprint density at radius 1 is 1.40 bits per heavy atom. The molecule has 0 bridgehead atoms. The lowest BCUT2D eigenvalue weighted by molar-refractivity contribution is 0.0697. The van der Waals surface area contributed by atoms with Crippen molar-refractivity contribution in [3.63, 3.8) is 0 Å². The molecular formula is C14H20N2O3S. The van der Waals surface area contributed by atoms with Crippen molar-refractivity contribution in [3.05, 3.63) is 29.8 Å². The SMILES string of the molecule is CSCC(C)CNC(=O)N(C)c1ccccc1C(=O)O.